The Balaban J connectivity index is 1.79. The number of aliphatic hydroxyl groups is 1. The summed E-state index contributed by atoms with van der Waals surface area (Å²) in [6.45, 7) is 3.37. The lowest BCUT2D eigenvalue weighted by atomic mass is 10.1. The normalized spacial score (nSPS) is 18.7. The number of ether oxygens (including phenoxy) is 1. The van der Waals surface area contributed by atoms with Crippen LogP contribution in [0.15, 0.2) is 54.6 Å². The first-order chi connectivity index (χ1) is 17.7. The van der Waals surface area contributed by atoms with Gasteiger partial charge < -0.3 is 30.7 Å². The Morgan fingerprint density at radius 3 is 2.59 bits per heavy atom. The lowest BCUT2D eigenvalue weighted by Crippen LogP contribution is -2.53. The van der Waals surface area contributed by atoms with Gasteiger partial charge in [0.2, 0.25) is 17.7 Å². The Morgan fingerprint density at radius 1 is 1.11 bits per heavy atom. The van der Waals surface area contributed by atoms with Gasteiger partial charge in [0.15, 0.2) is 0 Å². The van der Waals surface area contributed by atoms with E-state index in [1.54, 1.807) is 24.3 Å². The van der Waals surface area contributed by atoms with Crippen molar-refractivity contribution in [2.24, 2.45) is 0 Å². The molecule has 3 rings (SSSR count). The highest BCUT2D eigenvalue weighted by Gasteiger charge is 2.26. The standard InChI is InChI=1S/C27H32N4O6/c1-18-8-10-21-16-22(18)37-15-13-28-23(33)17-31(24(34)11-9-20-6-4-3-5-7-20)14-12-29-27(36)25(19(2)32)30-26(21)35/h3-11,16,19,25,32H,12-15,17H2,1-2H3,(H,28,33)(H,29,36)(H,30,35)/b11-9+/t19-,25+/m1/s1. The van der Waals surface area contributed by atoms with E-state index in [4.69, 9.17) is 4.74 Å². The molecule has 0 aliphatic carbocycles. The molecule has 0 saturated carbocycles. The summed E-state index contributed by atoms with van der Waals surface area (Å²) in [7, 11) is 0. The first-order valence-corrected chi connectivity index (χ1v) is 12.0. The van der Waals surface area contributed by atoms with Crippen LogP contribution in [0.1, 0.15) is 28.4 Å². The van der Waals surface area contributed by atoms with Gasteiger partial charge in [-0.2, -0.15) is 0 Å². The highest BCUT2D eigenvalue weighted by atomic mass is 16.5. The summed E-state index contributed by atoms with van der Waals surface area (Å²) in [4.78, 5) is 52.3. The third-order valence-corrected chi connectivity index (χ3v) is 5.73. The van der Waals surface area contributed by atoms with E-state index in [0.29, 0.717) is 5.75 Å². The third kappa shape index (κ3) is 8.18. The molecular weight excluding hydrogens is 476 g/mol. The zero-order valence-corrected chi connectivity index (χ0v) is 20.9. The predicted octanol–water partition coefficient (Wildman–Crippen LogP) is 0.641. The van der Waals surface area contributed by atoms with Crippen molar-refractivity contribution >= 4 is 29.7 Å². The Bertz CT molecular complexity index is 1150. The van der Waals surface area contributed by atoms with Crippen LogP contribution in [0.2, 0.25) is 0 Å². The molecule has 1 aliphatic rings. The van der Waals surface area contributed by atoms with E-state index in [9.17, 15) is 24.3 Å². The van der Waals surface area contributed by atoms with Crippen molar-refractivity contribution in [3.63, 3.8) is 0 Å². The molecule has 0 spiro atoms. The van der Waals surface area contributed by atoms with E-state index in [0.717, 1.165) is 11.1 Å². The monoisotopic (exact) mass is 508 g/mol. The second-order valence-corrected chi connectivity index (χ2v) is 8.67. The van der Waals surface area contributed by atoms with E-state index >= 15 is 0 Å². The number of nitrogens with one attached hydrogen (secondary N) is 3. The minimum atomic E-state index is -1.22. The maximum absolute atomic E-state index is 12.9. The predicted molar refractivity (Wildman–Crippen MR) is 138 cm³/mol. The number of aliphatic hydroxyl groups excluding tert-OH is 1. The molecule has 2 atom stereocenters. The Hall–Kier alpha value is -4.18. The molecule has 4 N–H and O–H groups in total. The number of carbonyl (C=O) groups excluding carboxylic acids is 4. The number of hydrogen-bond donors (Lipinski definition) is 4. The Morgan fingerprint density at radius 2 is 1.86 bits per heavy atom. The molecule has 1 aliphatic heterocycles. The molecule has 2 aromatic rings. The fraction of sp³-hybridized carbons (Fsp3) is 0.333. The van der Waals surface area contributed by atoms with Crippen LogP contribution in [0.4, 0.5) is 0 Å². The second-order valence-electron chi connectivity index (χ2n) is 8.67. The molecule has 0 radical (unpaired) electrons. The van der Waals surface area contributed by atoms with E-state index in [1.165, 1.54) is 17.9 Å². The molecule has 4 amide bonds. The van der Waals surface area contributed by atoms with Gasteiger partial charge in [-0.15, -0.1) is 0 Å². The zero-order valence-electron chi connectivity index (χ0n) is 20.9. The Labute approximate surface area is 215 Å². The van der Waals surface area contributed by atoms with Gasteiger partial charge in [0, 0.05) is 24.7 Å². The average molecular weight is 509 g/mol. The van der Waals surface area contributed by atoms with Crippen LogP contribution in [0, 0.1) is 6.92 Å². The van der Waals surface area contributed by atoms with Crippen LogP contribution in [0.5, 0.6) is 5.75 Å². The summed E-state index contributed by atoms with van der Waals surface area (Å²) in [5, 5.41) is 18.0. The van der Waals surface area contributed by atoms with Crippen molar-refractivity contribution in [2.75, 3.05) is 32.8 Å². The average Bonchev–Trinajstić information content (AvgIpc) is 2.88. The van der Waals surface area contributed by atoms with Crippen LogP contribution < -0.4 is 20.7 Å². The van der Waals surface area contributed by atoms with Crippen LogP contribution in [-0.4, -0.2) is 78.6 Å². The fourth-order valence-corrected chi connectivity index (χ4v) is 3.64. The minimum Gasteiger partial charge on any atom is -0.491 e. The number of nitrogens with zero attached hydrogens (tertiary/aromatic N) is 1. The maximum Gasteiger partial charge on any atom is 0.252 e. The summed E-state index contributed by atoms with van der Waals surface area (Å²) < 4.78 is 5.74. The smallest absolute Gasteiger partial charge is 0.252 e. The molecule has 0 saturated heterocycles. The molecule has 1 heterocycles. The summed E-state index contributed by atoms with van der Waals surface area (Å²) in [5.41, 5.74) is 1.87. The molecular formula is C27H32N4O6. The van der Waals surface area contributed by atoms with Crippen molar-refractivity contribution in [2.45, 2.75) is 26.0 Å². The van der Waals surface area contributed by atoms with Crippen molar-refractivity contribution < 1.29 is 29.0 Å². The van der Waals surface area contributed by atoms with Crippen molar-refractivity contribution in [3.05, 3.63) is 71.3 Å². The van der Waals surface area contributed by atoms with Gasteiger partial charge in [0.25, 0.3) is 5.91 Å². The quantitative estimate of drug-likeness (QED) is 0.449. The molecule has 10 nitrogen and oxygen atoms in total. The molecule has 196 valence electrons. The number of carbonyl (C=O) groups is 4. The lowest BCUT2D eigenvalue weighted by Gasteiger charge is -2.23. The van der Waals surface area contributed by atoms with Gasteiger partial charge in [-0.1, -0.05) is 36.4 Å². The van der Waals surface area contributed by atoms with Crippen molar-refractivity contribution in [3.8, 4) is 5.75 Å². The van der Waals surface area contributed by atoms with Gasteiger partial charge in [0.05, 0.1) is 19.2 Å². The lowest BCUT2D eigenvalue weighted by molar-refractivity contribution is -0.132. The number of amides is 4. The first kappa shape index (κ1) is 27.4. The molecule has 0 aromatic heterocycles. The topological polar surface area (TPSA) is 137 Å². The van der Waals surface area contributed by atoms with E-state index in [2.05, 4.69) is 16.0 Å². The summed E-state index contributed by atoms with van der Waals surface area (Å²) in [5.74, 6) is -1.51. The van der Waals surface area contributed by atoms with Gasteiger partial charge >= 0.3 is 0 Å². The second kappa shape index (κ2) is 13.2. The van der Waals surface area contributed by atoms with Crippen LogP contribution in [0.25, 0.3) is 6.08 Å². The molecule has 10 heteroatoms. The summed E-state index contributed by atoms with van der Waals surface area (Å²) in [6.07, 6.45) is 1.83. The Kier molecular flexibility index (Phi) is 9.79. The SMILES string of the molecule is Cc1ccc2cc1OCCNC(=O)CN(C(=O)/C=C/c1ccccc1)CCNC(=O)[C@H]([C@@H](C)O)NC2=O. The van der Waals surface area contributed by atoms with E-state index in [-0.39, 0.29) is 44.3 Å². The molecule has 0 unspecified atom stereocenters. The van der Waals surface area contributed by atoms with Crippen molar-refractivity contribution in [1.29, 1.82) is 0 Å². The van der Waals surface area contributed by atoms with Gasteiger partial charge in [0.1, 0.15) is 18.4 Å². The van der Waals surface area contributed by atoms with Crippen LogP contribution in [0.3, 0.4) is 0 Å². The number of benzene rings is 2. The summed E-state index contributed by atoms with van der Waals surface area (Å²) >= 11 is 0. The van der Waals surface area contributed by atoms with Crippen LogP contribution in [-0.2, 0) is 14.4 Å². The zero-order chi connectivity index (χ0) is 26.8. The van der Waals surface area contributed by atoms with Gasteiger partial charge in [-0.05, 0) is 43.2 Å². The van der Waals surface area contributed by atoms with E-state index in [1.807, 2.05) is 37.3 Å². The highest BCUT2D eigenvalue weighted by Crippen LogP contribution is 2.20. The highest BCUT2D eigenvalue weighted by molar-refractivity contribution is 5.98. The first-order valence-electron chi connectivity index (χ1n) is 12.0. The molecule has 2 aromatic carbocycles. The minimum absolute atomic E-state index is 0.00785. The molecule has 0 fully saturated rings. The van der Waals surface area contributed by atoms with Gasteiger partial charge in [-0.25, -0.2) is 0 Å². The fourth-order valence-electron chi connectivity index (χ4n) is 3.64. The van der Waals surface area contributed by atoms with Gasteiger partial charge in [-0.3, -0.25) is 19.2 Å². The number of aryl methyl sites for hydroxylation is 1. The number of rotatable bonds is 3. The number of fused-ring (bicyclic) bond motifs is 2. The largest absolute Gasteiger partial charge is 0.491 e. The molecule has 37 heavy (non-hydrogen) atoms. The van der Waals surface area contributed by atoms with Crippen LogP contribution >= 0.6 is 0 Å². The third-order valence-electron chi connectivity index (χ3n) is 5.73. The number of hydrogen-bond acceptors (Lipinski definition) is 6. The molecule has 2 bridgehead atoms. The van der Waals surface area contributed by atoms with Crippen molar-refractivity contribution in [1.82, 2.24) is 20.9 Å². The maximum atomic E-state index is 12.9. The summed E-state index contributed by atoms with van der Waals surface area (Å²) in [6, 6.07) is 12.9. The van der Waals surface area contributed by atoms with E-state index < -0.39 is 29.9 Å².